The molecule has 7 nitrogen and oxygen atoms in total. The standard InChI is InChI=1S/C89H46BF18N7/c91-84(92,93)51-41-62(86(97,98)99)80(63(42-51)87(100,101)102)90(81-64(88(103,104)105)43-52(85(94,95)96)44-65(81)89(106,107)108)53-45-76(112-70-25-9-7-19-58(70)78-74(112)35-31-54-60-39-49(47-15-3-1-4-16-47)29-33-72(60)114(82(54)78)68-27-11-23-66-56(68)21-13-37-109-66)111-77(46-53)113-71-26-10-8-20-59(71)79-75(113)36-32-55-61-40-50(48-17-5-2-6-18-48)30-34-73(61)115(83(55)79)69-28-12-24-67-57(69)22-14-38-110-67/h1-46H. The average Bonchev–Trinajstić information content (AvgIpc) is 1.60. The van der Waals surface area contributed by atoms with Gasteiger partial charge in [0.2, 0.25) is 6.71 Å². The minimum atomic E-state index is -6.56. The molecule has 7 heterocycles. The van der Waals surface area contributed by atoms with Gasteiger partial charge in [0, 0.05) is 66.3 Å². The van der Waals surface area contributed by atoms with E-state index in [2.05, 4.69) is 9.97 Å². The van der Waals surface area contributed by atoms with Crippen LogP contribution in [0, 0.1) is 0 Å². The van der Waals surface area contributed by atoms with Crippen LogP contribution in [-0.2, 0) is 37.1 Å². The number of rotatable bonds is 9. The zero-order chi connectivity index (χ0) is 79.9. The van der Waals surface area contributed by atoms with Crippen LogP contribution in [0.15, 0.2) is 279 Å². The maximum Gasteiger partial charge on any atom is 0.416 e. The normalized spacial score (nSPS) is 13.0. The molecule has 566 valence electrons. The first-order chi connectivity index (χ1) is 54.9. The third-order valence-corrected chi connectivity index (χ3v) is 21.5. The number of para-hydroxylation sites is 2. The highest BCUT2D eigenvalue weighted by Crippen LogP contribution is 2.49. The van der Waals surface area contributed by atoms with Crippen LogP contribution in [0.5, 0.6) is 0 Å². The van der Waals surface area contributed by atoms with Gasteiger partial charge in [-0.2, -0.15) is 79.0 Å². The van der Waals surface area contributed by atoms with E-state index in [0.29, 0.717) is 110 Å². The highest BCUT2D eigenvalue weighted by Gasteiger charge is 2.53. The maximum atomic E-state index is 16.5. The number of hydrogen-bond donors (Lipinski definition) is 0. The molecule has 19 aromatic rings. The molecule has 0 saturated heterocycles. The van der Waals surface area contributed by atoms with Gasteiger partial charge in [0.25, 0.3) is 0 Å². The summed E-state index contributed by atoms with van der Waals surface area (Å²) in [5.41, 5.74) is -16.4. The van der Waals surface area contributed by atoms with Gasteiger partial charge in [-0.3, -0.25) is 19.1 Å². The molecule has 19 rings (SSSR count). The monoisotopic (exact) mass is 1570 g/mol. The van der Waals surface area contributed by atoms with Gasteiger partial charge in [0.05, 0.1) is 99.9 Å². The SMILES string of the molecule is FC(F)(F)c1cc(C(F)(F)F)c(B(c2cc(-n3c4ccccc4c4c3ccc3c5cc(-c6ccccc6)ccc5n(-c5cccc6ncccc56)c34)nc(-n3c4ccccc4c4c3ccc3c5cc(-c6ccccc6)ccc5n(-c5cccc6ncccc56)c34)c2)c2c(C(F)(F)F)cc(C(F)(F)F)cc2C(F)(F)F)c(C(F)(F)F)c1. The van der Waals surface area contributed by atoms with Crippen LogP contribution >= 0.6 is 0 Å². The molecular formula is C89H46BF18N7. The summed E-state index contributed by atoms with van der Waals surface area (Å²) < 4.78 is 296. The molecule has 0 amide bonds. The molecule has 0 saturated carbocycles. The predicted octanol–water partition coefficient (Wildman–Crippen LogP) is 24.5. The number of alkyl halides is 18. The van der Waals surface area contributed by atoms with Gasteiger partial charge in [0.15, 0.2) is 0 Å². The summed E-state index contributed by atoms with van der Waals surface area (Å²) in [6.07, 6.45) is -35.3. The molecule has 7 aromatic heterocycles. The topological polar surface area (TPSA) is 58.4 Å². The van der Waals surface area contributed by atoms with Gasteiger partial charge in [-0.15, -0.1) is 0 Å². The Labute approximate surface area is 636 Å². The van der Waals surface area contributed by atoms with E-state index in [-0.39, 0.29) is 22.1 Å². The highest BCUT2D eigenvalue weighted by atomic mass is 19.4. The van der Waals surface area contributed by atoms with Crippen LogP contribution in [0.2, 0.25) is 0 Å². The molecule has 0 spiro atoms. The molecule has 0 unspecified atom stereocenters. The Morgan fingerprint density at radius 3 is 0.974 bits per heavy atom. The number of benzene rings is 12. The summed E-state index contributed by atoms with van der Waals surface area (Å²) >= 11 is 0. The number of pyridine rings is 3. The van der Waals surface area contributed by atoms with E-state index in [4.69, 9.17) is 4.98 Å². The third kappa shape index (κ3) is 11.6. The lowest BCUT2D eigenvalue weighted by molar-refractivity contribution is -0.149. The van der Waals surface area contributed by atoms with Crippen LogP contribution in [0.1, 0.15) is 33.4 Å². The number of fused-ring (bicyclic) bond motifs is 16. The first kappa shape index (κ1) is 71.9. The minimum Gasteiger partial charge on any atom is -0.308 e. The Hall–Kier alpha value is -13.4. The summed E-state index contributed by atoms with van der Waals surface area (Å²) in [4.78, 5) is 14.5. The molecule has 0 aliphatic heterocycles. The van der Waals surface area contributed by atoms with Gasteiger partial charge in [0.1, 0.15) is 11.6 Å². The lowest BCUT2D eigenvalue weighted by Gasteiger charge is -2.30. The van der Waals surface area contributed by atoms with Crippen molar-refractivity contribution in [2.75, 3.05) is 0 Å². The van der Waals surface area contributed by atoms with E-state index >= 15 is 79.0 Å². The molecule has 115 heavy (non-hydrogen) atoms. The van der Waals surface area contributed by atoms with Gasteiger partial charge in [-0.25, -0.2) is 4.98 Å². The average molecular weight is 1570 g/mol. The van der Waals surface area contributed by atoms with E-state index in [1.807, 2.05) is 130 Å². The Bertz CT molecular complexity index is 6760. The zero-order valence-electron chi connectivity index (χ0n) is 58.6. The first-order valence-corrected chi connectivity index (χ1v) is 35.5. The van der Waals surface area contributed by atoms with Gasteiger partial charge in [-0.05, 0) is 167 Å². The second kappa shape index (κ2) is 25.6. The Morgan fingerprint density at radius 1 is 0.252 bits per heavy atom. The van der Waals surface area contributed by atoms with Gasteiger partial charge >= 0.3 is 37.1 Å². The van der Waals surface area contributed by atoms with Crippen molar-refractivity contribution in [1.82, 2.24) is 33.2 Å². The molecule has 26 heteroatoms. The van der Waals surface area contributed by atoms with Crippen molar-refractivity contribution >= 4 is 132 Å². The highest BCUT2D eigenvalue weighted by molar-refractivity contribution is 6.96. The summed E-state index contributed by atoms with van der Waals surface area (Å²) in [7, 11) is 0. The largest absolute Gasteiger partial charge is 0.416 e. The molecule has 0 radical (unpaired) electrons. The van der Waals surface area contributed by atoms with E-state index in [1.54, 1.807) is 97.3 Å². The fourth-order valence-corrected chi connectivity index (χ4v) is 16.9. The number of aromatic nitrogens is 7. The van der Waals surface area contributed by atoms with Crippen LogP contribution in [0.3, 0.4) is 0 Å². The van der Waals surface area contributed by atoms with Crippen molar-refractivity contribution < 1.29 is 79.0 Å². The van der Waals surface area contributed by atoms with Crippen LogP contribution in [-0.4, -0.2) is 39.9 Å². The third-order valence-electron chi connectivity index (χ3n) is 21.5. The molecule has 0 fully saturated rings. The molecule has 0 bridgehead atoms. The van der Waals surface area contributed by atoms with Crippen molar-refractivity contribution in [3.63, 3.8) is 0 Å². The van der Waals surface area contributed by atoms with Crippen LogP contribution in [0.25, 0.3) is 154 Å². The van der Waals surface area contributed by atoms with E-state index < -0.39 is 129 Å². The quantitative estimate of drug-likeness (QED) is 0.107. The van der Waals surface area contributed by atoms with E-state index in [0.717, 1.165) is 22.3 Å². The predicted molar refractivity (Wildman–Crippen MR) is 411 cm³/mol. The van der Waals surface area contributed by atoms with Crippen molar-refractivity contribution in [2.45, 2.75) is 37.1 Å². The Kier molecular flexibility index (Phi) is 16.0. The molecule has 0 atom stereocenters. The number of hydrogen-bond acceptors (Lipinski definition) is 3. The van der Waals surface area contributed by atoms with Crippen molar-refractivity contribution in [3.05, 3.63) is 313 Å². The van der Waals surface area contributed by atoms with Gasteiger partial charge in [-0.1, -0.05) is 139 Å². The van der Waals surface area contributed by atoms with E-state index in [1.165, 1.54) is 33.4 Å². The summed E-state index contributed by atoms with van der Waals surface area (Å²) in [6, 6.07) is 65.2. The second-order valence-electron chi connectivity index (χ2n) is 28.0. The lowest BCUT2D eigenvalue weighted by atomic mass is 9.33. The van der Waals surface area contributed by atoms with Crippen molar-refractivity contribution in [2.24, 2.45) is 0 Å². The van der Waals surface area contributed by atoms with E-state index in [9.17, 15) is 0 Å². The van der Waals surface area contributed by atoms with Crippen LogP contribution in [0.4, 0.5) is 79.0 Å². The van der Waals surface area contributed by atoms with Gasteiger partial charge < -0.3 is 9.13 Å². The number of halogens is 18. The van der Waals surface area contributed by atoms with Crippen molar-refractivity contribution in [3.8, 4) is 45.3 Å². The number of nitrogens with zero attached hydrogens (tertiary/aromatic N) is 7. The molecular weight excluding hydrogens is 1520 g/mol. The fourth-order valence-electron chi connectivity index (χ4n) is 16.9. The van der Waals surface area contributed by atoms with Crippen LogP contribution < -0.4 is 16.4 Å². The fraction of sp³-hybridized carbons (Fsp3) is 0.0674. The molecule has 0 N–H and O–H groups in total. The summed E-state index contributed by atoms with van der Waals surface area (Å²) in [5, 5.41) is 5.11. The first-order valence-electron chi connectivity index (χ1n) is 35.5. The minimum absolute atomic E-state index is 0.0856. The Balaban J connectivity index is 1.02. The summed E-state index contributed by atoms with van der Waals surface area (Å²) in [6.45, 7) is -3.96. The maximum absolute atomic E-state index is 16.5. The smallest absolute Gasteiger partial charge is 0.308 e. The Morgan fingerprint density at radius 2 is 0.600 bits per heavy atom. The molecule has 0 aliphatic carbocycles. The molecule has 12 aromatic carbocycles. The van der Waals surface area contributed by atoms with Crippen molar-refractivity contribution in [1.29, 1.82) is 0 Å². The zero-order valence-corrected chi connectivity index (χ0v) is 58.6. The summed E-state index contributed by atoms with van der Waals surface area (Å²) in [5.74, 6) is -1.32. The second-order valence-corrected chi connectivity index (χ2v) is 28.0. The lowest BCUT2D eigenvalue weighted by Crippen LogP contribution is -2.60. The molecule has 0 aliphatic rings.